The summed E-state index contributed by atoms with van der Waals surface area (Å²) in [6.45, 7) is 13.0. The predicted octanol–water partition coefficient (Wildman–Crippen LogP) is 2.16. The molecule has 18 heavy (non-hydrogen) atoms. The normalized spacial score (nSPS) is 19.9. The lowest BCUT2D eigenvalue weighted by Crippen LogP contribution is -2.49. The van der Waals surface area contributed by atoms with Crippen LogP contribution in [0.2, 0.25) is 0 Å². The van der Waals surface area contributed by atoms with Crippen LogP contribution in [-0.2, 0) is 0 Å². The van der Waals surface area contributed by atoms with Crippen LogP contribution in [0.5, 0.6) is 0 Å². The van der Waals surface area contributed by atoms with E-state index in [4.69, 9.17) is 0 Å². The number of amides is 2. The molecule has 0 saturated carbocycles. The van der Waals surface area contributed by atoms with Gasteiger partial charge >= 0.3 is 6.03 Å². The third kappa shape index (κ3) is 4.16. The molecule has 1 heterocycles. The zero-order chi connectivity index (χ0) is 13.5. The lowest BCUT2D eigenvalue weighted by Gasteiger charge is -2.36. The van der Waals surface area contributed by atoms with Gasteiger partial charge in [-0.2, -0.15) is 0 Å². The number of hydrogen-bond acceptors (Lipinski definition) is 2. The van der Waals surface area contributed by atoms with Gasteiger partial charge in [0.2, 0.25) is 0 Å². The molecule has 0 spiro atoms. The molecule has 1 atom stereocenters. The van der Waals surface area contributed by atoms with Crippen molar-refractivity contribution in [1.82, 2.24) is 15.1 Å². The van der Waals surface area contributed by atoms with Gasteiger partial charge in [0, 0.05) is 25.7 Å². The largest absolute Gasteiger partial charge is 0.325 e. The molecule has 1 aliphatic heterocycles. The van der Waals surface area contributed by atoms with E-state index in [0.29, 0.717) is 5.92 Å². The number of nitrogens with zero attached hydrogens (tertiary/aromatic N) is 2. The molecule has 1 fully saturated rings. The van der Waals surface area contributed by atoms with Gasteiger partial charge < -0.3 is 15.1 Å². The molecule has 0 aromatic rings. The summed E-state index contributed by atoms with van der Waals surface area (Å²) in [6, 6.07) is 0.473. The number of carbonyl (C=O) groups is 1. The molecule has 4 heteroatoms. The van der Waals surface area contributed by atoms with E-state index in [9.17, 15) is 4.79 Å². The Bertz CT molecular complexity index is 245. The van der Waals surface area contributed by atoms with Crippen molar-refractivity contribution in [1.29, 1.82) is 0 Å². The van der Waals surface area contributed by atoms with Crippen LogP contribution < -0.4 is 5.32 Å². The van der Waals surface area contributed by atoms with Crippen molar-refractivity contribution in [3.8, 4) is 0 Å². The van der Waals surface area contributed by atoms with Crippen LogP contribution in [0.3, 0.4) is 0 Å². The molecule has 1 unspecified atom stereocenters. The Morgan fingerprint density at radius 1 is 1.33 bits per heavy atom. The molecule has 0 bridgehead atoms. The first-order chi connectivity index (χ1) is 8.60. The van der Waals surface area contributed by atoms with Gasteiger partial charge in [-0.1, -0.05) is 0 Å². The fraction of sp³-hybridized carbons (Fsp3) is 0.929. The molecule has 0 aliphatic carbocycles. The lowest BCUT2D eigenvalue weighted by molar-refractivity contribution is 0.129. The van der Waals surface area contributed by atoms with E-state index in [1.807, 2.05) is 23.6 Å². The molecule has 0 radical (unpaired) electrons. The minimum absolute atomic E-state index is 0.195. The standard InChI is InChI=1S/C14H29N3O/c1-5-16(6-2)14(18)17(12(3)4)11-13-8-7-9-15-10-13/h12-13,15H,5-11H2,1-4H3. The number of rotatable bonds is 5. The maximum absolute atomic E-state index is 12.5. The van der Waals surface area contributed by atoms with Crippen LogP contribution >= 0.6 is 0 Å². The predicted molar refractivity (Wildman–Crippen MR) is 75.8 cm³/mol. The minimum Gasteiger partial charge on any atom is -0.325 e. The minimum atomic E-state index is 0.195. The van der Waals surface area contributed by atoms with E-state index in [2.05, 4.69) is 19.2 Å². The first kappa shape index (κ1) is 15.3. The third-order valence-electron chi connectivity index (χ3n) is 3.76. The Hall–Kier alpha value is -0.770. The van der Waals surface area contributed by atoms with Crippen molar-refractivity contribution in [3.05, 3.63) is 0 Å². The highest BCUT2D eigenvalue weighted by atomic mass is 16.2. The first-order valence-corrected chi connectivity index (χ1v) is 7.36. The van der Waals surface area contributed by atoms with Gasteiger partial charge in [0.05, 0.1) is 0 Å². The Labute approximate surface area is 112 Å². The van der Waals surface area contributed by atoms with Crippen molar-refractivity contribution in [2.45, 2.75) is 46.6 Å². The average Bonchev–Trinajstić information content (AvgIpc) is 2.38. The fourth-order valence-corrected chi connectivity index (χ4v) is 2.54. The van der Waals surface area contributed by atoms with E-state index in [-0.39, 0.29) is 12.1 Å². The monoisotopic (exact) mass is 255 g/mol. The van der Waals surface area contributed by atoms with E-state index in [1.54, 1.807) is 0 Å². The number of piperidine rings is 1. The van der Waals surface area contributed by atoms with Crippen LogP contribution in [0.1, 0.15) is 40.5 Å². The summed E-state index contributed by atoms with van der Waals surface area (Å²) >= 11 is 0. The van der Waals surface area contributed by atoms with Crippen molar-refractivity contribution >= 4 is 6.03 Å². The van der Waals surface area contributed by atoms with Gasteiger partial charge in [0.1, 0.15) is 0 Å². The van der Waals surface area contributed by atoms with Crippen LogP contribution in [-0.4, -0.2) is 54.6 Å². The Morgan fingerprint density at radius 3 is 2.44 bits per heavy atom. The molecular weight excluding hydrogens is 226 g/mol. The number of nitrogens with one attached hydrogen (secondary N) is 1. The van der Waals surface area contributed by atoms with Gasteiger partial charge in [-0.25, -0.2) is 4.79 Å². The van der Waals surface area contributed by atoms with Crippen molar-refractivity contribution in [2.75, 3.05) is 32.7 Å². The molecule has 106 valence electrons. The van der Waals surface area contributed by atoms with Crippen molar-refractivity contribution in [3.63, 3.8) is 0 Å². The van der Waals surface area contributed by atoms with Gasteiger partial charge in [-0.3, -0.25) is 0 Å². The van der Waals surface area contributed by atoms with Crippen LogP contribution in [0.4, 0.5) is 4.79 Å². The van der Waals surface area contributed by atoms with E-state index < -0.39 is 0 Å². The maximum Gasteiger partial charge on any atom is 0.320 e. The molecule has 1 N–H and O–H groups in total. The summed E-state index contributed by atoms with van der Waals surface area (Å²) in [5.74, 6) is 0.612. The summed E-state index contributed by atoms with van der Waals surface area (Å²) in [5.41, 5.74) is 0. The quantitative estimate of drug-likeness (QED) is 0.817. The fourth-order valence-electron chi connectivity index (χ4n) is 2.54. The number of hydrogen-bond donors (Lipinski definition) is 1. The van der Waals surface area contributed by atoms with Gasteiger partial charge in [0.25, 0.3) is 0 Å². The molecule has 0 aromatic carbocycles. The zero-order valence-electron chi connectivity index (χ0n) is 12.4. The summed E-state index contributed by atoms with van der Waals surface area (Å²) in [5, 5.41) is 3.42. The third-order valence-corrected chi connectivity index (χ3v) is 3.76. The average molecular weight is 255 g/mol. The Balaban J connectivity index is 2.60. The van der Waals surface area contributed by atoms with E-state index in [1.165, 1.54) is 12.8 Å². The summed E-state index contributed by atoms with van der Waals surface area (Å²) in [6.07, 6.45) is 2.47. The highest BCUT2D eigenvalue weighted by Crippen LogP contribution is 2.15. The second-order valence-corrected chi connectivity index (χ2v) is 5.41. The molecule has 0 aromatic heterocycles. The second-order valence-electron chi connectivity index (χ2n) is 5.41. The molecule has 4 nitrogen and oxygen atoms in total. The maximum atomic E-state index is 12.5. The van der Waals surface area contributed by atoms with Gasteiger partial charge in [-0.15, -0.1) is 0 Å². The summed E-state index contributed by atoms with van der Waals surface area (Å²) in [7, 11) is 0. The zero-order valence-corrected chi connectivity index (χ0v) is 12.4. The molecule has 1 rings (SSSR count). The second kappa shape index (κ2) is 7.62. The van der Waals surface area contributed by atoms with Gasteiger partial charge in [0.15, 0.2) is 0 Å². The van der Waals surface area contributed by atoms with E-state index >= 15 is 0 Å². The van der Waals surface area contributed by atoms with Crippen LogP contribution in [0.15, 0.2) is 0 Å². The SMILES string of the molecule is CCN(CC)C(=O)N(CC1CCCNC1)C(C)C. The van der Waals surface area contributed by atoms with Crippen molar-refractivity contribution < 1.29 is 4.79 Å². The summed E-state index contributed by atoms with van der Waals surface area (Å²) < 4.78 is 0. The van der Waals surface area contributed by atoms with Gasteiger partial charge in [-0.05, 0) is 59.5 Å². The highest BCUT2D eigenvalue weighted by molar-refractivity contribution is 5.74. The van der Waals surface area contributed by atoms with Crippen LogP contribution in [0.25, 0.3) is 0 Å². The number of carbonyl (C=O) groups excluding carboxylic acids is 1. The first-order valence-electron chi connectivity index (χ1n) is 7.36. The Kier molecular flexibility index (Phi) is 6.47. The van der Waals surface area contributed by atoms with E-state index in [0.717, 1.165) is 32.7 Å². The highest BCUT2D eigenvalue weighted by Gasteiger charge is 2.25. The summed E-state index contributed by atoms with van der Waals surface area (Å²) in [4.78, 5) is 16.4. The number of urea groups is 1. The molecule has 2 amide bonds. The molecular formula is C14H29N3O. The smallest absolute Gasteiger partial charge is 0.320 e. The molecule has 1 saturated heterocycles. The topological polar surface area (TPSA) is 35.6 Å². The van der Waals surface area contributed by atoms with Crippen molar-refractivity contribution in [2.24, 2.45) is 5.92 Å². The van der Waals surface area contributed by atoms with Crippen LogP contribution in [0, 0.1) is 5.92 Å². The Morgan fingerprint density at radius 2 is 2.00 bits per heavy atom. The lowest BCUT2D eigenvalue weighted by atomic mass is 9.98. The molecule has 1 aliphatic rings.